The second kappa shape index (κ2) is 11.7. The lowest BCUT2D eigenvalue weighted by atomic mass is 9.95. The Bertz CT molecular complexity index is 1410. The van der Waals surface area contributed by atoms with Gasteiger partial charge in [-0.15, -0.1) is 23.4 Å². The van der Waals surface area contributed by atoms with Crippen LogP contribution in [0.4, 0.5) is 0 Å². The number of thioether (sulfide) groups is 1. The predicted molar refractivity (Wildman–Crippen MR) is 149 cm³/mol. The van der Waals surface area contributed by atoms with E-state index in [1.807, 2.05) is 18.4 Å². The van der Waals surface area contributed by atoms with Gasteiger partial charge in [-0.3, -0.25) is 9.59 Å². The second-order valence-corrected chi connectivity index (χ2v) is 9.99. The van der Waals surface area contributed by atoms with Crippen LogP contribution in [0.25, 0.3) is 11.1 Å². The first-order chi connectivity index (χ1) is 17.9. The molecule has 0 fully saturated rings. The Labute approximate surface area is 230 Å². The van der Waals surface area contributed by atoms with Gasteiger partial charge in [0.15, 0.2) is 16.9 Å². The summed E-state index contributed by atoms with van der Waals surface area (Å²) in [6.45, 7) is 0. The molecular weight excluding hydrogens is 533 g/mol. The third-order valence-electron chi connectivity index (χ3n) is 6.46. The number of halogens is 2. The fourth-order valence-electron chi connectivity index (χ4n) is 4.68. The summed E-state index contributed by atoms with van der Waals surface area (Å²) in [6, 6.07) is 11.9. The molecule has 194 valence electrons. The van der Waals surface area contributed by atoms with Gasteiger partial charge in [0.2, 0.25) is 5.75 Å². The van der Waals surface area contributed by atoms with Crippen molar-refractivity contribution < 1.29 is 19.0 Å². The molecule has 9 heteroatoms. The number of benzene rings is 2. The molecule has 0 aromatic heterocycles. The number of aryl methyl sites for hydroxylation is 1. The molecule has 0 heterocycles. The van der Waals surface area contributed by atoms with Crippen molar-refractivity contribution in [2.75, 3.05) is 27.6 Å². The lowest BCUT2D eigenvalue weighted by Gasteiger charge is -2.20. The third kappa shape index (κ3) is 5.26. The molecule has 0 unspecified atom stereocenters. The van der Waals surface area contributed by atoms with E-state index in [9.17, 15) is 9.59 Å². The molecule has 3 aromatic carbocycles. The normalized spacial score (nSPS) is 14.2. The van der Waals surface area contributed by atoms with Crippen molar-refractivity contribution in [3.63, 3.8) is 0 Å². The average molecular weight is 560 g/mol. The van der Waals surface area contributed by atoms with Crippen molar-refractivity contribution in [1.29, 1.82) is 0 Å². The fourth-order valence-corrected chi connectivity index (χ4v) is 5.52. The number of rotatable bonds is 7. The van der Waals surface area contributed by atoms with Gasteiger partial charge in [0.25, 0.3) is 5.91 Å². The first-order valence-electron chi connectivity index (χ1n) is 11.6. The van der Waals surface area contributed by atoms with Crippen molar-refractivity contribution in [3.8, 4) is 28.4 Å². The number of methoxy groups -OCH3 is 3. The Morgan fingerprint density at radius 1 is 1.05 bits per heavy atom. The van der Waals surface area contributed by atoms with Gasteiger partial charge >= 0.3 is 0 Å². The van der Waals surface area contributed by atoms with Gasteiger partial charge in [-0.05, 0) is 71.7 Å². The highest BCUT2D eigenvalue weighted by molar-refractivity contribution is 7.98. The Morgan fingerprint density at radius 3 is 2.46 bits per heavy atom. The lowest BCUT2D eigenvalue weighted by molar-refractivity contribution is 0.0935. The average Bonchev–Trinajstić information content (AvgIpc) is 3.16. The van der Waals surface area contributed by atoms with Gasteiger partial charge in [-0.2, -0.15) is 0 Å². The van der Waals surface area contributed by atoms with Crippen LogP contribution < -0.4 is 25.0 Å². The Hall–Kier alpha value is -2.87. The van der Waals surface area contributed by atoms with Crippen molar-refractivity contribution >= 4 is 40.9 Å². The van der Waals surface area contributed by atoms with E-state index in [-0.39, 0.29) is 17.2 Å². The first-order valence-corrected chi connectivity index (χ1v) is 13.7. The minimum atomic E-state index is -0.470. The van der Waals surface area contributed by atoms with Crippen LogP contribution in [0.15, 0.2) is 52.2 Å². The van der Waals surface area contributed by atoms with Crippen LogP contribution in [0, 0.1) is 0 Å². The highest BCUT2D eigenvalue weighted by Crippen LogP contribution is 2.50. The highest BCUT2D eigenvalue weighted by Gasteiger charge is 2.30. The van der Waals surface area contributed by atoms with Crippen molar-refractivity contribution in [1.82, 2.24) is 5.32 Å². The Morgan fingerprint density at radius 2 is 1.81 bits per heavy atom. The predicted octanol–water partition coefficient (Wildman–Crippen LogP) is 6.27. The second-order valence-electron chi connectivity index (χ2n) is 8.47. The number of hydrogen-bond donors (Lipinski definition) is 1. The third-order valence-corrected chi connectivity index (χ3v) is 7.87. The molecule has 1 aliphatic rings. The molecule has 1 amide bonds. The minimum absolute atomic E-state index is 0.127. The molecule has 0 radical (unpaired) electrons. The summed E-state index contributed by atoms with van der Waals surface area (Å²) in [7, 11) is 4.70. The van der Waals surface area contributed by atoms with E-state index in [4.69, 9.17) is 37.4 Å². The molecule has 1 aliphatic carbocycles. The molecule has 6 nitrogen and oxygen atoms in total. The number of hydrogen-bond acceptors (Lipinski definition) is 6. The smallest absolute Gasteiger partial charge is 0.253 e. The van der Waals surface area contributed by atoms with Crippen LogP contribution >= 0.6 is 35.0 Å². The molecule has 0 bridgehead atoms. The van der Waals surface area contributed by atoms with E-state index in [0.29, 0.717) is 51.1 Å². The van der Waals surface area contributed by atoms with Gasteiger partial charge in [0, 0.05) is 11.4 Å². The summed E-state index contributed by atoms with van der Waals surface area (Å²) >= 11 is 13.7. The van der Waals surface area contributed by atoms with Gasteiger partial charge in [-0.25, -0.2) is 0 Å². The molecule has 0 saturated carbocycles. The van der Waals surface area contributed by atoms with Crippen LogP contribution in [0.3, 0.4) is 0 Å². The van der Waals surface area contributed by atoms with Gasteiger partial charge < -0.3 is 19.5 Å². The summed E-state index contributed by atoms with van der Waals surface area (Å²) in [4.78, 5) is 27.1. The van der Waals surface area contributed by atoms with E-state index in [1.54, 1.807) is 51.7 Å². The standard InChI is InChI=1S/C28H27Cl2NO5S/c1-34-23-12-16-6-9-21(31-28(33)19-11-15(14-29)5-8-20(19)30)18-13-22(32)24(37-4)10-7-17(18)25(16)27(36-3)26(23)35-2/h5,7-8,10-13,21H,6,9,14H2,1-4H3,(H,31,33)/t21-/m0/s1. The van der Waals surface area contributed by atoms with Gasteiger partial charge in [-0.1, -0.05) is 23.7 Å². The van der Waals surface area contributed by atoms with Gasteiger partial charge in [0.1, 0.15) is 0 Å². The van der Waals surface area contributed by atoms with Crippen LogP contribution in [0.2, 0.25) is 5.02 Å². The number of amides is 1. The topological polar surface area (TPSA) is 73.9 Å². The number of alkyl halides is 1. The number of fused-ring (bicyclic) bond motifs is 3. The molecule has 37 heavy (non-hydrogen) atoms. The SMILES string of the molecule is COc1cc2c(c(OC)c1OC)-c1ccc(SC)c(=O)cc1[C@@H](NC(=O)c1cc(CCl)ccc1Cl)CC2. The molecule has 1 N–H and O–H groups in total. The zero-order valence-electron chi connectivity index (χ0n) is 20.9. The van der Waals surface area contributed by atoms with Crippen LogP contribution in [0.5, 0.6) is 17.2 Å². The van der Waals surface area contributed by atoms with E-state index in [2.05, 4.69) is 5.32 Å². The molecule has 0 spiro atoms. The minimum Gasteiger partial charge on any atom is -0.493 e. The lowest BCUT2D eigenvalue weighted by Crippen LogP contribution is -2.29. The maximum atomic E-state index is 13.4. The maximum absolute atomic E-state index is 13.4. The van der Waals surface area contributed by atoms with Crippen LogP contribution in [-0.2, 0) is 12.3 Å². The van der Waals surface area contributed by atoms with Gasteiger partial charge in [0.05, 0.1) is 42.9 Å². The summed E-state index contributed by atoms with van der Waals surface area (Å²) in [6.07, 6.45) is 2.99. The van der Waals surface area contributed by atoms with Crippen molar-refractivity contribution in [2.24, 2.45) is 0 Å². The van der Waals surface area contributed by atoms with Crippen molar-refractivity contribution in [2.45, 2.75) is 29.7 Å². The first kappa shape index (κ1) is 27.2. The number of carbonyl (C=O) groups excluding carboxylic acids is 1. The van der Waals surface area contributed by atoms with E-state index < -0.39 is 6.04 Å². The number of nitrogens with one attached hydrogen (secondary N) is 1. The number of carbonyl (C=O) groups is 1. The summed E-state index contributed by atoms with van der Waals surface area (Å²) < 4.78 is 17.1. The molecule has 3 aromatic rings. The highest BCUT2D eigenvalue weighted by atomic mass is 35.5. The van der Waals surface area contributed by atoms with Crippen LogP contribution in [-0.4, -0.2) is 33.5 Å². The Balaban J connectivity index is 1.92. The van der Waals surface area contributed by atoms with E-state index in [0.717, 1.165) is 22.3 Å². The maximum Gasteiger partial charge on any atom is 0.253 e. The Kier molecular flexibility index (Phi) is 8.57. The quantitative estimate of drug-likeness (QED) is 0.271. The zero-order valence-corrected chi connectivity index (χ0v) is 23.3. The fraction of sp³-hybridized carbons (Fsp3) is 0.286. The molecule has 0 aliphatic heterocycles. The molecule has 4 rings (SSSR count). The molecular formula is C28H27Cl2NO5S. The summed E-state index contributed by atoms with van der Waals surface area (Å²) in [5, 5.41) is 3.44. The monoisotopic (exact) mass is 559 g/mol. The van der Waals surface area contributed by atoms with E-state index >= 15 is 0 Å². The van der Waals surface area contributed by atoms with Crippen LogP contribution in [0.1, 0.15) is 39.5 Å². The summed E-state index contributed by atoms with van der Waals surface area (Å²) in [5.41, 5.74) is 4.21. The zero-order chi connectivity index (χ0) is 26.7. The van der Waals surface area contributed by atoms with Crippen molar-refractivity contribution in [3.05, 3.63) is 80.0 Å². The molecule has 0 saturated heterocycles. The summed E-state index contributed by atoms with van der Waals surface area (Å²) in [5.74, 6) is 1.43. The van der Waals surface area contributed by atoms with E-state index in [1.165, 1.54) is 11.8 Å². The largest absolute Gasteiger partial charge is 0.493 e. The number of ether oxygens (including phenoxy) is 3. The molecule has 1 atom stereocenters.